The molecule has 3 rings (SSSR count). The molecular formula is C20H14N4O2S. The molecule has 27 heavy (non-hydrogen) atoms. The summed E-state index contributed by atoms with van der Waals surface area (Å²) >= 11 is 1.29. The van der Waals surface area contributed by atoms with Gasteiger partial charge in [-0.15, -0.1) is 0 Å². The molecule has 0 aliphatic carbocycles. The van der Waals surface area contributed by atoms with Gasteiger partial charge in [0.15, 0.2) is 5.16 Å². The van der Waals surface area contributed by atoms with Gasteiger partial charge in [-0.05, 0) is 24.5 Å². The zero-order valence-electron chi connectivity index (χ0n) is 14.4. The standard InChI is InChI=1S/C20H14N4O2S/c1-27-20-23-18(17(11-22)19(25)24-20)13-7-4-8-16(9-13)26-12-15-6-3-2-5-14(15)10-21/h2-9H,12H2,1H3,(H,23,24,25). The number of benzene rings is 2. The number of nitriles is 2. The molecule has 0 unspecified atom stereocenters. The molecule has 1 aromatic heterocycles. The topological polar surface area (TPSA) is 103 Å². The van der Waals surface area contributed by atoms with Gasteiger partial charge in [0.25, 0.3) is 5.56 Å². The minimum absolute atomic E-state index is 0.0419. The Morgan fingerprint density at radius 2 is 1.96 bits per heavy atom. The Bertz CT molecular complexity index is 1130. The highest BCUT2D eigenvalue weighted by Crippen LogP contribution is 2.25. The second-order valence-electron chi connectivity index (χ2n) is 5.50. The fourth-order valence-electron chi connectivity index (χ4n) is 2.51. The van der Waals surface area contributed by atoms with E-state index in [-0.39, 0.29) is 12.2 Å². The lowest BCUT2D eigenvalue weighted by Crippen LogP contribution is -2.14. The normalized spacial score (nSPS) is 10.0. The van der Waals surface area contributed by atoms with Crippen molar-refractivity contribution in [2.45, 2.75) is 11.8 Å². The first-order valence-corrected chi connectivity index (χ1v) is 9.18. The van der Waals surface area contributed by atoms with E-state index in [0.29, 0.717) is 27.7 Å². The van der Waals surface area contributed by atoms with Crippen molar-refractivity contribution in [3.05, 3.63) is 75.6 Å². The monoisotopic (exact) mass is 374 g/mol. The SMILES string of the molecule is CSc1nc(-c2cccc(OCc3ccccc3C#N)c2)c(C#N)c(=O)[nH]1. The number of rotatable bonds is 5. The predicted molar refractivity (Wildman–Crippen MR) is 102 cm³/mol. The van der Waals surface area contributed by atoms with Crippen molar-refractivity contribution in [2.75, 3.05) is 6.26 Å². The van der Waals surface area contributed by atoms with Crippen molar-refractivity contribution in [1.29, 1.82) is 10.5 Å². The molecule has 0 fully saturated rings. The van der Waals surface area contributed by atoms with Gasteiger partial charge in [0.1, 0.15) is 24.0 Å². The molecule has 2 aromatic carbocycles. The molecule has 6 nitrogen and oxygen atoms in total. The summed E-state index contributed by atoms with van der Waals surface area (Å²) in [7, 11) is 0. The van der Waals surface area contributed by atoms with Gasteiger partial charge in [0.2, 0.25) is 0 Å². The van der Waals surface area contributed by atoms with Gasteiger partial charge in [0.05, 0.1) is 17.3 Å². The van der Waals surface area contributed by atoms with E-state index in [1.54, 1.807) is 42.7 Å². The van der Waals surface area contributed by atoms with Gasteiger partial charge in [-0.1, -0.05) is 42.1 Å². The lowest BCUT2D eigenvalue weighted by molar-refractivity contribution is 0.306. The van der Waals surface area contributed by atoms with Crippen LogP contribution in [-0.2, 0) is 6.61 Å². The lowest BCUT2D eigenvalue weighted by Gasteiger charge is -2.10. The van der Waals surface area contributed by atoms with Crippen LogP contribution in [0.2, 0.25) is 0 Å². The van der Waals surface area contributed by atoms with Gasteiger partial charge in [0, 0.05) is 11.1 Å². The van der Waals surface area contributed by atoms with E-state index in [1.807, 2.05) is 18.2 Å². The maximum absolute atomic E-state index is 12.1. The molecule has 0 bridgehead atoms. The molecule has 1 heterocycles. The first-order chi connectivity index (χ1) is 13.2. The maximum atomic E-state index is 12.1. The fourth-order valence-corrected chi connectivity index (χ4v) is 2.89. The Labute approximate surface area is 160 Å². The Balaban J connectivity index is 1.93. The Morgan fingerprint density at radius 1 is 1.15 bits per heavy atom. The Morgan fingerprint density at radius 3 is 2.70 bits per heavy atom. The van der Waals surface area contributed by atoms with Crippen molar-refractivity contribution in [2.24, 2.45) is 0 Å². The predicted octanol–water partition coefficient (Wildman–Crippen LogP) is 3.48. The van der Waals surface area contributed by atoms with Gasteiger partial charge >= 0.3 is 0 Å². The van der Waals surface area contributed by atoms with E-state index in [1.165, 1.54) is 11.8 Å². The van der Waals surface area contributed by atoms with E-state index < -0.39 is 5.56 Å². The molecule has 1 N–H and O–H groups in total. The second kappa shape index (κ2) is 8.22. The van der Waals surface area contributed by atoms with Crippen LogP contribution in [0.15, 0.2) is 58.5 Å². The van der Waals surface area contributed by atoms with Crippen LogP contribution < -0.4 is 10.3 Å². The summed E-state index contributed by atoms with van der Waals surface area (Å²) in [6, 6.07) is 18.3. The van der Waals surface area contributed by atoms with E-state index in [2.05, 4.69) is 16.0 Å². The smallest absolute Gasteiger partial charge is 0.270 e. The first kappa shape index (κ1) is 18.2. The average molecular weight is 374 g/mol. The van der Waals surface area contributed by atoms with Gasteiger partial charge in [-0.2, -0.15) is 10.5 Å². The van der Waals surface area contributed by atoms with Crippen molar-refractivity contribution in [1.82, 2.24) is 9.97 Å². The van der Waals surface area contributed by atoms with E-state index in [0.717, 1.165) is 5.56 Å². The quantitative estimate of drug-likeness (QED) is 0.542. The minimum atomic E-state index is -0.471. The van der Waals surface area contributed by atoms with Crippen molar-refractivity contribution in [3.63, 3.8) is 0 Å². The molecule has 0 aliphatic rings. The fraction of sp³-hybridized carbons (Fsp3) is 0.100. The zero-order valence-corrected chi connectivity index (χ0v) is 15.2. The third-order valence-electron chi connectivity index (χ3n) is 3.84. The summed E-state index contributed by atoms with van der Waals surface area (Å²) in [6.45, 7) is 0.233. The summed E-state index contributed by atoms with van der Waals surface area (Å²) in [5.74, 6) is 0.553. The van der Waals surface area contributed by atoms with Crippen LogP contribution in [0.4, 0.5) is 0 Å². The van der Waals surface area contributed by atoms with Crippen molar-refractivity contribution < 1.29 is 4.74 Å². The molecule has 0 saturated carbocycles. The summed E-state index contributed by atoms with van der Waals surface area (Å²) in [6.07, 6.45) is 1.79. The summed E-state index contributed by atoms with van der Waals surface area (Å²) in [4.78, 5) is 19.0. The highest BCUT2D eigenvalue weighted by atomic mass is 32.2. The van der Waals surface area contributed by atoms with Crippen LogP contribution in [-0.4, -0.2) is 16.2 Å². The van der Waals surface area contributed by atoms with Gasteiger partial charge < -0.3 is 9.72 Å². The minimum Gasteiger partial charge on any atom is -0.489 e. The van der Waals surface area contributed by atoms with Crippen LogP contribution in [0.1, 0.15) is 16.7 Å². The molecule has 0 aliphatic heterocycles. The number of H-pyrrole nitrogens is 1. The van der Waals surface area contributed by atoms with E-state index >= 15 is 0 Å². The largest absolute Gasteiger partial charge is 0.489 e. The molecule has 0 atom stereocenters. The molecular weight excluding hydrogens is 360 g/mol. The Hall–Kier alpha value is -3.55. The molecule has 0 spiro atoms. The third kappa shape index (κ3) is 4.00. The highest BCUT2D eigenvalue weighted by molar-refractivity contribution is 7.98. The number of thioether (sulfide) groups is 1. The summed E-state index contributed by atoms with van der Waals surface area (Å²) < 4.78 is 5.80. The number of nitrogens with zero attached hydrogens (tertiary/aromatic N) is 3. The van der Waals surface area contributed by atoms with E-state index in [9.17, 15) is 10.1 Å². The number of hydrogen-bond donors (Lipinski definition) is 1. The Kier molecular flexibility index (Phi) is 5.55. The van der Waals surface area contributed by atoms with Gasteiger partial charge in [-0.3, -0.25) is 4.79 Å². The molecule has 3 aromatic rings. The maximum Gasteiger partial charge on any atom is 0.270 e. The number of aromatic amines is 1. The van der Waals surface area contributed by atoms with E-state index in [4.69, 9.17) is 10.00 Å². The second-order valence-corrected chi connectivity index (χ2v) is 6.29. The van der Waals surface area contributed by atoms with Crippen LogP contribution in [0.5, 0.6) is 5.75 Å². The summed E-state index contributed by atoms with van der Waals surface area (Å²) in [5.41, 5.74) is 1.75. The molecule has 132 valence electrons. The molecule has 0 amide bonds. The third-order valence-corrected chi connectivity index (χ3v) is 4.42. The van der Waals surface area contributed by atoms with Crippen molar-refractivity contribution >= 4 is 11.8 Å². The highest BCUT2D eigenvalue weighted by Gasteiger charge is 2.14. The van der Waals surface area contributed by atoms with Crippen LogP contribution in [0.3, 0.4) is 0 Å². The van der Waals surface area contributed by atoms with Crippen molar-refractivity contribution in [3.8, 4) is 29.1 Å². The number of nitrogens with one attached hydrogen (secondary N) is 1. The van der Waals surface area contributed by atoms with Crippen LogP contribution >= 0.6 is 11.8 Å². The number of ether oxygens (including phenoxy) is 1. The lowest BCUT2D eigenvalue weighted by atomic mass is 10.1. The van der Waals surface area contributed by atoms with Gasteiger partial charge in [-0.25, -0.2) is 4.98 Å². The van der Waals surface area contributed by atoms with Crippen LogP contribution in [0, 0.1) is 22.7 Å². The number of hydrogen-bond acceptors (Lipinski definition) is 6. The average Bonchev–Trinajstić information content (AvgIpc) is 2.72. The first-order valence-electron chi connectivity index (χ1n) is 7.96. The molecule has 0 radical (unpaired) electrons. The number of aromatic nitrogens is 2. The molecule has 7 heteroatoms. The zero-order chi connectivity index (χ0) is 19.2. The van der Waals surface area contributed by atoms with Crippen LogP contribution in [0.25, 0.3) is 11.3 Å². The molecule has 0 saturated heterocycles. The summed E-state index contributed by atoms with van der Waals surface area (Å²) in [5, 5.41) is 18.9.